The number of hydrogen-bond acceptors (Lipinski definition) is 10. The molecule has 6 unspecified atom stereocenters. The first-order valence-corrected chi connectivity index (χ1v) is 20.9. The number of esters is 2. The van der Waals surface area contributed by atoms with Gasteiger partial charge >= 0.3 is 11.9 Å². The van der Waals surface area contributed by atoms with E-state index in [9.17, 15) is 30.0 Å². The van der Waals surface area contributed by atoms with Crippen LogP contribution in [0.25, 0.3) is 0 Å². The Hall–Kier alpha value is -1.82. The number of aliphatic hydroxyl groups excluding tert-OH is 4. The van der Waals surface area contributed by atoms with Gasteiger partial charge in [-0.05, 0) is 38.5 Å². The maximum absolute atomic E-state index is 12.7. The van der Waals surface area contributed by atoms with Crippen LogP contribution in [0.5, 0.6) is 0 Å². The van der Waals surface area contributed by atoms with Crippen molar-refractivity contribution >= 4 is 11.9 Å². The van der Waals surface area contributed by atoms with Gasteiger partial charge in [0.25, 0.3) is 0 Å². The Kier molecular flexibility index (Phi) is 31.3. The number of carbonyl (C=O) groups excluding carboxylic acids is 2. The number of carbonyl (C=O) groups is 2. The molecule has 6 atom stereocenters. The van der Waals surface area contributed by atoms with Gasteiger partial charge < -0.3 is 39.4 Å². The van der Waals surface area contributed by atoms with Gasteiger partial charge in [0.2, 0.25) is 0 Å². The summed E-state index contributed by atoms with van der Waals surface area (Å²) < 4.78 is 22.1. The van der Waals surface area contributed by atoms with Crippen molar-refractivity contribution in [1.82, 2.24) is 0 Å². The summed E-state index contributed by atoms with van der Waals surface area (Å²) in [5, 5.41) is 40.0. The predicted molar refractivity (Wildman–Crippen MR) is 206 cm³/mol. The molecule has 304 valence electrons. The minimum atomic E-state index is -1.59. The molecule has 0 spiro atoms. The van der Waals surface area contributed by atoms with E-state index in [4.69, 9.17) is 18.9 Å². The number of allylic oxidation sites excluding steroid dienone is 4. The molecule has 10 nitrogen and oxygen atoms in total. The molecule has 0 saturated carbocycles. The Morgan fingerprint density at radius 1 is 0.596 bits per heavy atom. The minimum absolute atomic E-state index is 0.216. The van der Waals surface area contributed by atoms with Crippen LogP contribution in [0.3, 0.4) is 0 Å². The average Bonchev–Trinajstić information content (AvgIpc) is 3.14. The number of rotatable bonds is 34. The van der Waals surface area contributed by atoms with Crippen molar-refractivity contribution in [2.45, 2.75) is 211 Å². The summed E-state index contributed by atoms with van der Waals surface area (Å²) in [5.41, 5.74) is 0. The van der Waals surface area contributed by atoms with Gasteiger partial charge in [0.15, 0.2) is 12.4 Å². The standard InChI is InChI=1S/C42H76O10/c1-3-5-7-9-11-13-15-17-19-21-23-25-27-29-31-38(45)51-35(34-50-42-41(48)40(47)39(46)36(32-43)52-42)33-49-37(44)30-28-26-24-22-20-18-16-14-12-10-8-6-4-2/h9,11,15,17,35-36,39-43,46-48H,3-8,10,12-14,16,18-34H2,1-2H3/b11-9-,17-15-. The van der Waals surface area contributed by atoms with Crippen LogP contribution in [-0.2, 0) is 28.5 Å². The van der Waals surface area contributed by atoms with Gasteiger partial charge in [0.05, 0.1) is 13.2 Å². The first-order valence-electron chi connectivity index (χ1n) is 20.9. The molecule has 0 aliphatic carbocycles. The van der Waals surface area contributed by atoms with E-state index in [2.05, 4.69) is 38.2 Å². The molecule has 0 aromatic heterocycles. The van der Waals surface area contributed by atoms with E-state index >= 15 is 0 Å². The fourth-order valence-corrected chi connectivity index (χ4v) is 6.20. The van der Waals surface area contributed by atoms with Crippen molar-refractivity contribution in [2.24, 2.45) is 0 Å². The number of hydrogen-bond donors (Lipinski definition) is 4. The molecule has 1 saturated heterocycles. The van der Waals surface area contributed by atoms with Crippen LogP contribution in [0.2, 0.25) is 0 Å². The van der Waals surface area contributed by atoms with Gasteiger partial charge in [-0.25, -0.2) is 0 Å². The molecule has 0 bridgehead atoms. The second kappa shape index (κ2) is 33.7. The van der Waals surface area contributed by atoms with Gasteiger partial charge in [-0.3, -0.25) is 9.59 Å². The fourth-order valence-electron chi connectivity index (χ4n) is 6.20. The zero-order valence-corrected chi connectivity index (χ0v) is 32.8. The lowest BCUT2D eigenvalue weighted by Gasteiger charge is -2.39. The molecule has 52 heavy (non-hydrogen) atoms. The normalized spacial score (nSPS) is 21.2. The molecule has 1 rings (SSSR count). The highest BCUT2D eigenvalue weighted by molar-refractivity contribution is 5.70. The van der Waals surface area contributed by atoms with E-state index in [-0.39, 0.29) is 32.0 Å². The molecule has 4 N–H and O–H groups in total. The van der Waals surface area contributed by atoms with Crippen LogP contribution in [0.4, 0.5) is 0 Å². The lowest BCUT2D eigenvalue weighted by molar-refractivity contribution is -0.305. The largest absolute Gasteiger partial charge is 0.462 e. The summed E-state index contributed by atoms with van der Waals surface area (Å²) in [6, 6.07) is 0. The summed E-state index contributed by atoms with van der Waals surface area (Å²) in [4.78, 5) is 25.2. The lowest BCUT2D eigenvalue weighted by Crippen LogP contribution is -2.59. The maximum atomic E-state index is 12.7. The molecule has 1 heterocycles. The number of ether oxygens (including phenoxy) is 4. The third-order valence-electron chi connectivity index (χ3n) is 9.59. The minimum Gasteiger partial charge on any atom is -0.462 e. The quantitative estimate of drug-likeness (QED) is 0.0289. The molecule has 1 fully saturated rings. The smallest absolute Gasteiger partial charge is 0.306 e. The van der Waals surface area contributed by atoms with Crippen molar-refractivity contribution in [3.05, 3.63) is 24.3 Å². The van der Waals surface area contributed by atoms with Gasteiger partial charge in [-0.15, -0.1) is 0 Å². The number of aliphatic hydroxyl groups is 4. The van der Waals surface area contributed by atoms with E-state index in [1.807, 2.05) is 0 Å². The van der Waals surface area contributed by atoms with Gasteiger partial charge in [0.1, 0.15) is 31.0 Å². The molecule has 1 aliphatic rings. The Morgan fingerprint density at radius 2 is 1.10 bits per heavy atom. The molecule has 0 aromatic rings. The summed E-state index contributed by atoms with van der Waals surface area (Å²) >= 11 is 0. The molecule has 0 aromatic carbocycles. The second-order valence-corrected chi connectivity index (χ2v) is 14.4. The Balaban J connectivity index is 2.37. The van der Waals surface area contributed by atoms with Crippen LogP contribution in [-0.4, -0.2) is 89.0 Å². The van der Waals surface area contributed by atoms with Crippen LogP contribution < -0.4 is 0 Å². The highest BCUT2D eigenvalue weighted by Gasteiger charge is 2.44. The highest BCUT2D eigenvalue weighted by atomic mass is 16.7. The topological polar surface area (TPSA) is 152 Å². The first kappa shape index (κ1) is 48.2. The monoisotopic (exact) mass is 741 g/mol. The van der Waals surface area contributed by atoms with Gasteiger partial charge in [-0.2, -0.15) is 0 Å². The van der Waals surface area contributed by atoms with E-state index in [0.717, 1.165) is 64.2 Å². The van der Waals surface area contributed by atoms with Crippen molar-refractivity contribution in [2.75, 3.05) is 19.8 Å². The van der Waals surface area contributed by atoms with Crippen molar-refractivity contribution in [3.8, 4) is 0 Å². The van der Waals surface area contributed by atoms with E-state index < -0.39 is 49.4 Å². The van der Waals surface area contributed by atoms with Crippen molar-refractivity contribution in [1.29, 1.82) is 0 Å². The third kappa shape index (κ3) is 25.2. The summed E-state index contributed by atoms with van der Waals surface area (Å²) in [6.07, 6.45) is 27.5. The SMILES string of the molecule is CCCC/C=C\C/C=C\CCCCCCCC(=O)OC(COC(=O)CCCCCCCCCCCCCCC)COC1OC(CO)C(O)C(O)C1O. The summed E-state index contributed by atoms with van der Waals surface area (Å²) in [7, 11) is 0. The van der Waals surface area contributed by atoms with Crippen molar-refractivity contribution < 1.29 is 49.0 Å². The van der Waals surface area contributed by atoms with Gasteiger partial charge in [-0.1, -0.05) is 147 Å². The molecular weight excluding hydrogens is 664 g/mol. The second-order valence-electron chi connectivity index (χ2n) is 14.4. The van der Waals surface area contributed by atoms with E-state index in [1.165, 1.54) is 77.0 Å². The van der Waals surface area contributed by atoms with E-state index in [1.54, 1.807) is 0 Å². The predicted octanol–water partition coefficient (Wildman–Crippen LogP) is 8.16. The number of unbranched alkanes of at least 4 members (excludes halogenated alkanes) is 19. The van der Waals surface area contributed by atoms with Crippen LogP contribution in [0.15, 0.2) is 24.3 Å². The third-order valence-corrected chi connectivity index (χ3v) is 9.59. The maximum Gasteiger partial charge on any atom is 0.306 e. The average molecular weight is 741 g/mol. The van der Waals surface area contributed by atoms with Crippen LogP contribution in [0, 0.1) is 0 Å². The van der Waals surface area contributed by atoms with Crippen LogP contribution >= 0.6 is 0 Å². The highest BCUT2D eigenvalue weighted by Crippen LogP contribution is 2.22. The van der Waals surface area contributed by atoms with Crippen molar-refractivity contribution in [3.63, 3.8) is 0 Å². The van der Waals surface area contributed by atoms with Gasteiger partial charge in [0, 0.05) is 12.8 Å². The Morgan fingerprint density at radius 3 is 1.65 bits per heavy atom. The molecule has 10 heteroatoms. The summed E-state index contributed by atoms with van der Waals surface area (Å²) in [5.74, 6) is -0.819. The molecule has 1 aliphatic heterocycles. The first-order chi connectivity index (χ1) is 25.3. The molecule has 0 amide bonds. The molecular formula is C42H76O10. The zero-order chi connectivity index (χ0) is 38.1. The van der Waals surface area contributed by atoms with E-state index in [0.29, 0.717) is 6.42 Å². The zero-order valence-electron chi connectivity index (χ0n) is 32.8. The summed E-state index contributed by atoms with van der Waals surface area (Å²) in [6.45, 7) is 3.36. The Bertz CT molecular complexity index is 907. The lowest BCUT2D eigenvalue weighted by atomic mass is 9.99. The van der Waals surface area contributed by atoms with Crippen LogP contribution in [0.1, 0.15) is 174 Å². The Labute approximate surface area is 315 Å². The molecule has 0 radical (unpaired) electrons. The fraction of sp³-hybridized carbons (Fsp3) is 0.857.